The Balaban J connectivity index is 2.73. The van der Waals surface area contributed by atoms with Crippen LogP contribution in [0.5, 0.6) is 0 Å². The summed E-state index contributed by atoms with van der Waals surface area (Å²) in [5.74, 6) is 0.305. The van der Waals surface area contributed by atoms with Crippen molar-refractivity contribution in [2.75, 3.05) is 0 Å². The van der Waals surface area contributed by atoms with Crippen LogP contribution in [0.15, 0.2) is 0 Å². The third-order valence-electron chi connectivity index (χ3n) is 3.46. The van der Waals surface area contributed by atoms with Crippen LogP contribution in [-0.2, 0) is 9.31 Å². The van der Waals surface area contributed by atoms with Crippen LogP contribution in [0.1, 0.15) is 41.5 Å². The fourth-order valence-corrected chi connectivity index (χ4v) is 1.47. The molecule has 14 heavy (non-hydrogen) atoms. The summed E-state index contributed by atoms with van der Waals surface area (Å²) >= 11 is 4.42. The maximum Gasteiger partial charge on any atom is 0.461 e. The third-order valence-corrected chi connectivity index (χ3v) is 3.93. The van der Waals surface area contributed by atoms with E-state index in [0.29, 0.717) is 5.82 Å². The molecule has 0 aliphatic carbocycles. The second-order valence-corrected chi connectivity index (χ2v) is 6.04. The lowest BCUT2D eigenvalue weighted by Crippen LogP contribution is -2.41. The normalized spacial score (nSPS) is 28.9. The predicted molar refractivity (Wildman–Crippen MR) is 64.0 cm³/mol. The number of hydrogen-bond acceptors (Lipinski definition) is 3. The van der Waals surface area contributed by atoms with E-state index >= 15 is 0 Å². The highest BCUT2D eigenvalue weighted by Crippen LogP contribution is 2.41. The van der Waals surface area contributed by atoms with Crippen LogP contribution in [0.25, 0.3) is 0 Å². The number of thiol groups is 1. The molecule has 4 heteroatoms. The average Bonchev–Trinajstić information content (AvgIpc) is 2.20. The fourth-order valence-electron chi connectivity index (χ4n) is 1.33. The predicted octanol–water partition coefficient (Wildman–Crippen LogP) is 2.79. The monoisotopic (exact) mass is 216 g/mol. The molecule has 1 rings (SSSR count). The molecular formula is C10H21BO2S. The Morgan fingerprint density at radius 3 is 1.64 bits per heavy atom. The van der Waals surface area contributed by atoms with E-state index in [0.717, 1.165) is 0 Å². The fraction of sp³-hybridized carbons (Fsp3) is 1.00. The van der Waals surface area contributed by atoms with Crippen molar-refractivity contribution in [2.24, 2.45) is 0 Å². The van der Waals surface area contributed by atoms with E-state index in [9.17, 15) is 0 Å². The van der Waals surface area contributed by atoms with Gasteiger partial charge < -0.3 is 9.31 Å². The van der Waals surface area contributed by atoms with Crippen LogP contribution in [0, 0.1) is 0 Å². The molecule has 82 valence electrons. The Hall–Kier alpha value is 0.335. The van der Waals surface area contributed by atoms with Crippen molar-refractivity contribution in [1.29, 1.82) is 0 Å². The van der Waals surface area contributed by atoms with Crippen LogP contribution < -0.4 is 0 Å². The van der Waals surface area contributed by atoms with Crippen LogP contribution in [-0.4, -0.2) is 23.6 Å². The molecule has 0 aromatic heterocycles. The highest BCUT2D eigenvalue weighted by molar-refractivity contribution is 7.81. The Kier molecular flexibility index (Phi) is 3.30. The summed E-state index contributed by atoms with van der Waals surface area (Å²) in [6.45, 7) is 12.5. The number of hydrogen-bond donors (Lipinski definition) is 1. The van der Waals surface area contributed by atoms with Crippen LogP contribution in [0.4, 0.5) is 0 Å². The summed E-state index contributed by atoms with van der Waals surface area (Å²) in [4.78, 5) is 0. The minimum Gasteiger partial charge on any atom is -0.403 e. The summed E-state index contributed by atoms with van der Waals surface area (Å²) < 4.78 is 11.8. The summed E-state index contributed by atoms with van der Waals surface area (Å²) in [5, 5.41) is 0.282. The lowest BCUT2D eigenvalue weighted by Gasteiger charge is -2.32. The Morgan fingerprint density at radius 2 is 1.36 bits per heavy atom. The first-order valence-corrected chi connectivity index (χ1v) is 5.73. The Morgan fingerprint density at radius 1 is 1.00 bits per heavy atom. The first-order chi connectivity index (χ1) is 6.17. The second kappa shape index (κ2) is 3.73. The topological polar surface area (TPSA) is 18.5 Å². The minimum atomic E-state index is -0.228. The molecule has 0 amide bonds. The van der Waals surface area contributed by atoms with Crippen molar-refractivity contribution < 1.29 is 9.31 Å². The van der Waals surface area contributed by atoms with Gasteiger partial charge in [-0.15, -0.1) is 0 Å². The van der Waals surface area contributed by atoms with E-state index < -0.39 is 0 Å². The van der Waals surface area contributed by atoms with Crippen molar-refractivity contribution >= 4 is 19.7 Å². The summed E-state index contributed by atoms with van der Waals surface area (Å²) in [6, 6.07) is 0. The zero-order valence-electron chi connectivity index (χ0n) is 10.00. The number of rotatable bonds is 2. The molecule has 1 heterocycles. The van der Waals surface area contributed by atoms with Crippen molar-refractivity contribution in [3.05, 3.63) is 0 Å². The van der Waals surface area contributed by atoms with Gasteiger partial charge in [0.25, 0.3) is 0 Å². The largest absolute Gasteiger partial charge is 0.461 e. The van der Waals surface area contributed by atoms with Gasteiger partial charge in [0, 0.05) is 5.82 Å². The van der Waals surface area contributed by atoms with Crippen LogP contribution >= 0.6 is 12.6 Å². The standard InChI is InChI=1S/C10H21BO2S/c1-7(8(2)14)11-12-9(3,4)10(5,6)13-11/h7-8,14H,1-6H3. The molecule has 0 radical (unpaired) electrons. The van der Waals surface area contributed by atoms with Gasteiger partial charge in [-0.25, -0.2) is 0 Å². The first-order valence-electron chi connectivity index (χ1n) is 5.21. The zero-order valence-corrected chi connectivity index (χ0v) is 10.9. The molecule has 2 nitrogen and oxygen atoms in total. The van der Waals surface area contributed by atoms with Crippen LogP contribution in [0.3, 0.4) is 0 Å². The molecule has 1 aliphatic rings. The van der Waals surface area contributed by atoms with Gasteiger partial charge in [-0.3, -0.25) is 0 Å². The van der Waals surface area contributed by atoms with E-state index in [1.54, 1.807) is 0 Å². The van der Waals surface area contributed by atoms with Gasteiger partial charge in [-0.05, 0) is 32.9 Å². The van der Waals surface area contributed by atoms with E-state index in [2.05, 4.69) is 54.2 Å². The second-order valence-electron chi connectivity index (χ2n) is 5.22. The molecule has 0 N–H and O–H groups in total. The molecule has 2 atom stereocenters. The minimum absolute atomic E-state index is 0.132. The molecule has 2 unspecified atom stereocenters. The molecule has 1 aliphatic heterocycles. The van der Waals surface area contributed by atoms with Gasteiger partial charge in [0.15, 0.2) is 0 Å². The van der Waals surface area contributed by atoms with E-state index in [-0.39, 0.29) is 23.6 Å². The Labute approximate surface area is 93.3 Å². The highest BCUT2D eigenvalue weighted by atomic mass is 32.1. The van der Waals surface area contributed by atoms with Crippen LogP contribution in [0.2, 0.25) is 5.82 Å². The summed E-state index contributed by atoms with van der Waals surface area (Å²) in [7, 11) is -0.132. The van der Waals surface area contributed by atoms with Gasteiger partial charge in [0.2, 0.25) is 0 Å². The quantitative estimate of drug-likeness (QED) is 0.565. The summed E-state index contributed by atoms with van der Waals surface area (Å²) in [5.41, 5.74) is -0.455. The van der Waals surface area contributed by atoms with Gasteiger partial charge in [0.1, 0.15) is 0 Å². The molecule has 0 bridgehead atoms. The van der Waals surface area contributed by atoms with E-state index in [1.807, 2.05) is 0 Å². The average molecular weight is 216 g/mol. The van der Waals surface area contributed by atoms with Crippen molar-refractivity contribution in [2.45, 2.75) is 63.8 Å². The molecule has 0 spiro atoms. The summed E-state index contributed by atoms with van der Waals surface area (Å²) in [6.07, 6.45) is 0. The maximum atomic E-state index is 5.92. The van der Waals surface area contributed by atoms with E-state index in [1.165, 1.54) is 0 Å². The zero-order chi connectivity index (χ0) is 11.1. The van der Waals surface area contributed by atoms with Crippen molar-refractivity contribution in [3.63, 3.8) is 0 Å². The van der Waals surface area contributed by atoms with Gasteiger partial charge >= 0.3 is 7.12 Å². The molecule has 1 fully saturated rings. The molecule has 0 aromatic carbocycles. The molecular weight excluding hydrogens is 195 g/mol. The maximum absolute atomic E-state index is 5.92. The Bertz CT molecular complexity index is 200. The lowest BCUT2D eigenvalue weighted by molar-refractivity contribution is 0.00578. The van der Waals surface area contributed by atoms with Gasteiger partial charge in [-0.1, -0.05) is 13.8 Å². The molecule has 0 aromatic rings. The lowest BCUT2D eigenvalue weighted by atomic mass is 9.71. The van der Waals surface area contributed by atoms with E-state index in [4.69, 9.17) is 9.31 Å². The molecule has 1 saturated heterocycles. The van der Waals surface area contributed by atoms with Crippen molar-refractivity contribution in [1.82, 2.24) is 0 Å². The van der Waals surface area contributed by atoms with Crippen molar-refractivity contribution in [3.8, 4) is 0 Å². The first kappa shape index (κ1) is 12.4. The third kappa shape index (κ3) is 2.12. The SMILES string of the molecule is CC(S)C(C)B1OC(C)(C)C(C)(C)O1. The van der Waals surface area contributed by atoms with Gasteiger partial charge in [0.05, 0.1) is 11.2 Å². The highest BCUT2D eigenvalue weighted by Gasteiger charge is 2.53. The molecule has 0 saturated carbocycles. The smallest absolute Gasteiger partial charge is 0.403 e. The van der Waals surface area contributed by atoms with Gasteiger partial charge in [-0.2, -0.15) is 12.6 Å².